The molecule has 1 fully saturated rings. The zero-order chi connectivity index (χ0) is 8.55. The van der Waals surface area contributed by atoms with E-state index in [0.717, 1.165) is 12.0 Å². The van der Waals surface area contributed by atoms with Gasteiger partial charge < -0.3 is 5.11 Å². The van der Waals surface area contributed by atoms with E-state index in [-0.39, 0.29) is 6.10 Å². The van der Waals surface area contributed by atoms with E-state index >= 15 is 0 Å². The van der Waals surface area contributed by atoms with Crippen LogP contribution < -0.4 is 0 Å². The van der Waals surface area contributed by atoms with Gasteiger partial charge in [0.1, 0.15) is 0 Å². The second-order valence-corrected chi connectivity index (χ2v) is 3.32. The van der Waals surface area contributed by atoms with Gasteiger partial charge in [0.2, 0.25) is 0 Å². The summed E-state index contributed by atoms with van der Waals surface area (Å²) in [6.07, 6.45) is 0.648. The first-order chi connectivity index (χ1) is 5.79. The Balaban J connectivity index is 2.15. The van der Waals surface area contributed by atoms with Crippen molar-refractivity contribution in [3.63, 3.8) is 0 Å². The Morgan fingerprint density at radius 1 is 1.33 bits per heavy atom. The van der Waals surface area contributed by atoms with Crippen molar-refractivity contribution in [3.05, 3.63) is 48.0 Å². The predicted octanol–water partition coefficient (Wildman–Crippen LogP) is 2.30. The lowest BCUT2D eigenvalue weighted by Crippen LogP contribution is -1.98. The van der Waals surface area contributed by atoms with E-state index in [2.05, 4.69) is 6.58 Å². The van der Waals surface area contributed by atoms with Crippen LogP contribution in [0.5, 0.6) is 0 Å². The smallest absolute Gasteiger partial charge is 0.0858 e. The minimum Gasteiger partial charge on any atom is -0.388 e. The molecule has 0 spiro atoms. The monoisotopic (exact) mass is 160 g/mol. The van der Waals surface area contributed by atoms with Crippen molar-refractivity contribution in [1.29, 1.82) is 0 Å². The van der Waals surface area contributed by atoms with Gasteiger partial charge in [-0.2, -0.15) is 0 Å². The van der Waals surface area contributed by atoms with Crippen molar-refractivity contribution in [1.82, 2.24) is 0 Å². The normalized spacial score (nSPS) is 23.8. The van der Waals surface area contributed by atoms with Gasteiger partial charge in [0, 0.05) is 5.92 Å². The molecule has 0 bridgehead atoms. The number of aliphatic hydroxyl groups is 1. The molecule has 1 aliphatic rings. The van der Waals surface area contributed by atoms with Crippen LogP contribution in [0.15, 0.2) is 42.5 Å². The highest BCUT2D eigenvalue weighted by atomic mass is 16.3. The zero-order valence-corrected chi connectivity index (χ0v) is 6.90. The lowest BCUT2D eigenvalue weighted by Gasteiger charge is -2.07. The van der Waals surface area contributed by atoms with Crippen molar-refractivity contribution < 1.29 is 5.11 Å². The van der Waals surface area contributed by atoms with Crippen LogP contribution in [0.3, 0.4) is 0 Å². The molecule has 0 radical (unpaired) electrons. The summed E-state index contributed by atoms with van der Waals surface area (Å²) in [6.45, 7) is 3.83. The third kappa shape index (κ3) is 1.28. The Morgan fingerprint density at radius 3 is 2.42 bits per heavy atom. The quantitative estimate of drug-likeness (QED) is 0.658. The van der Waals surface area contributed by atoms with Gasteiger partial charge in [0.25, 0.3) is 0 Å². The fraction of sp³-hybridized carbons (Fsp3) is 0.273. The number of rotatable bonds is 2. The zero-order valence-electron chi connectivity index (χ0n) is 6.90. The van der Waals surface area contributed by atoms with Gasteiger partial charge in [-0.15, -0.1) is 0 Å². The number of hydrogen-bond donors (Lipinski definition) is 1. The van der Waals surface area contributed by atoms with Gasteiger partial charge >= 0.3 is 0 Å². The minimum absolute atomic E-state index is 0.312. The van der Waals surface area contributed by atoms with Crippen LogP contribution in [-0.2, 0) is 0 Å². The maximum absolute atomic E-state index is 9.77. The van der Waals surface area contributed by atoms with E-state index in [1.54, 1.807) is 0 Å². The Labute approximate surface area is 72.4 Å². The molecule has 1 aromatic carbocycles. The molecule has 62 valence electrons. The van der Waals surface area contributed by atoms with Gasteiger partial charge in [0.15, 0.2) is 0 Å². The van der Waals surface area contributed by atoms with Gasteiger partial charge in [-0.25, -0.2) is 0 Å². The minimum atomic E-state index is -0.335. The van der Waals surface area contributed by atoms with E-state index < -0.39 is 0 Å². The Morgan fingerprint density at radius 2 is 1.92 bits per heavy atom. The van der Waals surface area contributed by atoms with Crippen molar-refractivity contribution in [2.75, 3.05) is 0 Å². The molecule has 1 unspecified atom stereocenters. The van der Waals surface area contributed by atoms with Crippen LogP contribution in [0.25, 0.3) is 0 Å². The Hall–Kier alpha value is -1.08. The molecular formula is C11H12O. The summed E-state index contributed by atoms with van der Waals surface area (Å²) in [4.78, 5) is 0. The molecular weight excluding hydrogens is 148 g/mol. The standard InChI is InChI=1S/C11H12O/c1-8-7-10(8)11(12)9-5-3-2-4-6-9/h2-6,10-12H,1,7H2/t10-,11?/m0/s1. The van der Waals surface area contributed by atoms with Crippen LogP contribution in [-0.4, -0.2) is 5.11 Å². The molecule has 1 heteroatoms. The van der Waals surface area contributed by atoms with Crippen LogP contribution in [0, 0.1) is 5.92 Å². The fourth-order valence-corrected chi connectivity index (χ4v) is 1.44. The number of aliphatic hydroxyl groups excluding tert-OH is 1. The summed E-state index contributed by atoms with van der Waals surface area (Å²) >= 11 is 0. The van der Waals surface area contributed by atoms with Crippen LogP contribution in [0.4, 0.5) is 0 Å². The molecule has 1 nitrogen and oxygen atoms in total. The lowest BCUT2D eigenvalue weighted by molar-refractivity contribution is 0.158. The highest BCUT2D eigenvalue weighted by molar-refractivity contribution is 5.28. The van der Waals surface area contributed by atoms with Crippen molar-refractivity contribution in [3.8, 4) is 0 Å². The second-order valence-electron chi connectivity index (χ2n) is 3.32. The number of hydrogen-bond acceptors (Lipinski definition) is 1. The first kappa shape index (κ1) is 7.56. The van der Waals surface area contributed by atoms with Gasteiger partial charge in [-0.3, -0.25) is 0 Å². The molecule has 1 N–H and O–H groups in total. The maximum atomic E-state index is 9.77. The average Bonchev–Trinajstić information content (AvgIpc) is 2.83. The molecule has 0 amide bonds. The highest BCUT2D eigenvalue weighted by Gasteiger charge is 2.34. The van der Waals surface area contributed by atoms with Crippen LogP contribution >= 0.6 is 0 Å². The molecule has 2 atom stereocenters. The summed E-state index contributed by atoms with van der Waals surface area (Å²) in [5.74, 6) is 0.312. The van der Waals surface area contributed by atoms with Gasteiger partial charge in [0.05, 0.1) is 6.10 Å². The molecule has 12 heavy (non-hydrogen) atoms. The first-order valence-corrected chi connectivity index (χ1v) is 4.19. The topological polar surface area (TPSA) is 20.2 Å². The Bertz CT molecular complexity index is 289. The second kappa shape index (κ2) is 2.76. The number of benzene rings is 1. The van der Waals surface area contributed by atoms with Gasteiger partial charge in [-0.05, 0) is 12.0 Å². The molecule has 0 aliphatic heterocycles. The highest BCUT2D eigenvalue weighted by Crippen LogP contribution is 2.45. The summed E-state index contributed by atoms with van der Waals surface area (Å²) in [6, 6.07) is 9.76. The lowest BCUT2D eigenvalue weighted by atomic mass is 10.1. The summed E-state index contributed by atoms with van der Waals surface area (Å²) in [7, 11) is 0. The van der Waals surface area contributed by atoms with Crippen molar-refractivity contribution >= 4 is 0 Å². The Kier molecular flexibility index (Phi) is 1.74. The summed E-state index contributed by atoms with van der Waals surface area (Å²) in [5.41, 5.74) is 2.17. The molecule has 1 saturated carbocycles. The van der Waals surface area contributed by atoms with E-state index in [4.69, 9.17) is 0 Å². The molecule has 0 heterocycles. The molecule has 0 aromatic heterocycles. The third-order valence-electron chi connectivity index (χ3n) is 2.37. The largest absolute Gasteiger partial charge is 0.388 e. The summed E-state index contributed by atoms with van der Waals surface area (Å²) in [5, 5.41) is 9.77. The maximum Gasteiger partial charge on any atom is 0.0858 e. The van der Waals surface area contributed by atoms with E-state index in [0.29, 0.717) is 5.92 Å². The summed E-state index contributed by atoms with van der Waals surface area (Å²) < 4.78 is 0. The van der Waals surface area contributed by atoms with Gasteiger partial charge in [-0.1, -0.05) is 42.5 Å². The van der Waals surface area contributed by atoms with Crippen molar-refractivity contribution in [2.45, 2.75) is 12.5 Å². The molecule has 0 saturated heterocycles. The fourth-order valence-electron chi connectivity index (χ4n) is 1.44. The molecule has 1 aliphatic carbocycles. The van der Waals surface area contributed by atoms with Crippen LogP contribution in [0.1, 0.15) is 18.1 Å². The average molecular weight is 160 g/mol. The molecule has 2 rings (SSSR count). The SMILES string of the molecule is C=C1C[C@@H]1C(O)c1ccccc1. The molecule has 1 aromatic rings. The van der Waals surface area contributed by atoms with Crippen molar-refractivity contribution in [2.24, 2.45) is 5.92 Å². The third-order valence-corrected chi connectivity index (χ3v) is 2.37. The van der Waals surface area contributed by atoms with E-state index in [1.165, 1.54) is 5.57 Å². The van der Waals surface area contributed by atoms with E-state index in [9.17, 15) is 5.11 Å². The van der Waals surface area contributed by atoms with Crippen LogP contribution in [0.2, 0.25) is 0 Å². The first-order valence-electron chi connectivity index (χ1n) is 4.19. The predicted molar refractivity (Wildman–Crippen MR) is 48.6 cm³/mol. The van der Waals surface area contributed by atoms with E-state index in [1.807, 2.05) is 30.3 Å².